The van der Waals surface area contributed by atoms with Crippen LogP contribution >= 0.6 is 0 Å². The fourth-order valence-corrected chi connectivity index (χ4v) is 4.16. The van der Waals surface area contributed by atoms with Gasteiger partial charge in [0.1, 0.15) is 0 Å². The summed E-state index contributed by atoms with van der Waals surface area (Å²) in [5, 5.41) is 9.74. The first-order valence-corrected chi connectivity index (χ1v) is 8.46. The molecule has 0 saturated heterocycles. The first-order chi connectivity index (χ1) is 9.71. The molecule has 2 rings (SSSR count). The summed E-state index contributed by atoms with van der Waals surface area (Å²) in [5.74, 6) is 1.47. The lowest BCUT2D eigenvalue weighted by Crippen LogP contribution is -2.37. The average molecular weight is 288 g/mol. The molecular weight excluding hydrogens is 256 g/mol. The minimum absolute atomic E-state index is 0.540. The van der Waals surface area contributed by atoms with E-state index in [0.717, 1.165) is 5.92 Å². The third-order valence-corrected chi connectivity index (χ3v) is 5.66. The molecule has 2 aliphatic carbocycles. The lowest BCUT2D eigenvalue weighted by Gasteiger charge is -2.48. The molecule has 0 amide bonds. The van der Waals surface area contributed by atoms with Gasteiger partial charge < -0.3 is 5.11 Å². The van der Waals surface area contributed by atoms with Gasteiger partial charge in [0.25, 0.3) is 0 Å². The van der Waals surface area contributed by atoms with Crippen molar-refractivity contribution in [2.45, 2.75) is 72.3 Å². The highest BCUT2D eigenvalue weighted by Crippen LogP contribution is 2.53. The Hall–Kier alpha value is -0.820. The van der Waals surface area contributed by atoms with E-state index in [-0.39, 0.29) is 0 Å². The second kappa shape index (κ2) is 6.12. The minimum atomic E-state index is -0.718. The SMILES string of the molecule is CC1=CCC[C@@]2(C)CC[C@H](/C(C)=C/C=C/C(C)(C)O)C[C@H]12. The quantitative estimate of drug-likeness (QED) is 0.543. The summed E-state index contributed by atoms with van der Waals surface area (Å²) in [6, 6.07) is 0. The van der Waals surface area contributed by atoms with E-state index in [1.165, 1.54) is 37.7 Å². The molecule has 21 heavy (non-hydrogen) atoms. The Morgan fingerprint density at radius 2 is 2.10 bits per heavy atom. The predicted molar refractivity (Wildman–Crippen MR) is 91.1 cm³/mol. The van der Waals surface area contributed by atoms with E-state index in [1.807, 2.05) is 26.0 Å². The van der Waals surface area contributed by atoms with Gasteiger partial charge in [-0.1, -0.05) is 42.4 Å². The van der Waals surface area contributed by atoms with Crippen LogP contribution in [-0.4, -0.2) is 10.7 Å². The van der Waals surface area contributed by atoms with Crippen molar-refractivity contribution in [2.24, 2.45) is 17.3 Å². The molecular formula is C20H32O. The van der Waals surface area contributed by atoms with Crippen molar-refractivity contribution in [1.29, 1.82) is 0 Å². The molecule has 0 aromatic rings. The molecule has 3 atom stereocenters. The molecule has 0 spiro atoms. The largest absolute Gasteiger partial charge is 0.386 e. The summed E-state index contributed by atoms with van der Waals surface area (Å²) in [4.78, 5) is 0. The van der Waals surface area contributed by atoms with Crippen molar-refractivity contribution >= 4 is 0 Å². The number of fused-ring (bicyclic) bond motifs is 1. The molecule has 0 aromatic carbocycles. The topological polar surface area (TPSA) is 20.2 Å². The molecule has 1 heteroatoms. The number of rotatable bonds is 3. The third kappa shape index (κ3) is 4.10. The lowest BCUT2D eigenvalue weighted by molar-refractivity contribution is 0.0980. The van der Waals surface area contributed by atoms with E-state index in [4.69, 9.17) is 0 Å². The normalized spacial score (nSPS) is 34.8. The number of hydrogen-bond acceptors (Lipinski definition) is 1. The van der Waals surface area contributed by atoms with Crippen molar-refractivity contribution < 1.29 is 5.11 Å². The Morgan fingerprint density at radius 3 is 2.76 bits per heavy atom. The van der Waals surface area contributed by atoms with Crippen molar-refractivity contribution in [2.75, 3.05) is 0 Å². The van der Waals surface area contributed by atoms with Crippen LogP contribution in [-0.2, 0) is 0 Å². The summed E-state index contributed by atoms with van der Waals surface area (Å²) < 4.78 is 0. The highest BCUT2D eigenvalue weighted by atomic mass is 16.3. The zero-order valence-electron chi connectivity index (χ0n) is 14.4. The van der Waals surface area contributed by atoms with Crippen LogP contribution in [0.1, 0.15) is 66.7 Å². The molecule has 0 radical (unpaired) electrons. The van der Waals surface area contributed by atoms with Crippen LogP contribution in [0.4, 0.5) is 0 Å². The van der Waals surface area contributed by atoms with E-state index in [1.54, 1.807) is 5.57 Å². The molecule has 2 aliphatic rings. The van der Waals surface area contributed by atoms with Gasteiger partial charge in [0.15, 0.2) is 0 Å². The van der Waals surface area contributed by atoms with Crippen LogP contribution in [0.15, 0.2) is 35.5 Å². The van der Waals surface area contributed by atoms with E-state index in [0.29, 0.717) is 11.3 Å². The molecule has 1 nitrogen and oxygen atoms in total. The highest BCUT2D eigenvalue weighted by molar-refractivity contribution is 5.20. The first kappa shape index (κ1) is 16.5. The zero-order chi connectivity index (χ0) is 15.7. The van der Waals surface area contributed by atoms with Crippen molar-refractivity contribution in [3.8, 4) is 0 Å². The number of aliphatic hydroxyl groups is 1. The van der Waals surface area contributed by atoms with E-state index < -0.39 is 5.60 Å². The first-order valence-electron chi connectivity index (χ1n) is 8.46. The van der Waals surface area contributed by atoms with E-state index >= 15 is 0 Å². The molecule has 0 bridgehead atoms. The van der Waals surface area contributed by atoms with Crippen molar-refractivity contribution in [3.05, 3.63) is 35.5 Å². The summed E-state index contributed by atoms with van der Waals surface area (Å²) in [7, 11) is 0. The maximum absolute atomic E-state index is 9.74. The van der Waals surface area contributed by atoms with Gasteiger partial charge in [-0.2, -0.15) is 0 Å². The molecule has 0 aliphatic heterocycles. The predicted octanol–water partition coefficient (Wildman–Crippen LogP) is 5.42. The van der Waals surface area contributed by atoms with Crippen molar-refractivity contribution in [1.82, 2.24) is 0 Å². The second-order valence-corrected chi connectivity index (χ2v) is 8.09. The molecule has 0 unspecified atom stereocenters. The molecule has 1 fully saturated rings. The maximum Gasteiger partial charge on any atom is 0.0774 e. The van der Waals surface area contributed by atoms with Crippen LogP contribution in [0.2, 0.25) is 0 Å². The third-order valence-electron chi connectivity index (χ3n) is 5.66. The van der Waals surface area contributed by atoms with Crippen LogP contribution in [0.25, 0.3) is 0 Å². The van der Waals surface area contributed by atoms with E-state index in [9.17, 15) is 5.11 Å². The van der Waals surface area contributed by atoms with Crippen LogP contribution in [0.5, 0.6) is 0 Å². The standard InChI is InChI=1S/C20H32O/c1-15(8-6-11-19(3,4)21)17-10-13-20(5)12-7-9-16(2)18(20)14-17/h6,8-9,11,17-18,21H,7,10,12-14H2,1-5H3/b11-6+,15-8+/t17-,18+,20-/m0/s1. The molecule has 1 saturated carbocycles. The summed E-state index contributed by atoms with van der Waals surface area (Å²) in [5.41, 5.74) is 2.91. The summed E-state index contributed by atoms with van der Waals surface area (Å²) in [6.45, 7) is 10.7. The fraction of sp³-hybridized carbons (Fsp3) is 0.700. The zero-order valence-corrected chi connectivity index (χ0v) is 14.4. The average Bonchev–Trinajstić information content (AvgIpc) is 2.36. The Labute approximate surface area is 130 Å². The van der Waals surface area contributed by atoms with Crippen LogP contribution in [0.3, 0.4) is 0 Å². The number of hydrogen-bond donors (Lipinski definition) is 1. The van der Waals surface area contributed by atoms with Gasteiger partial charge >= 0.3 is 0 Å². The van der Waals surface area contributed by atoms with Crippen LogP contribution in [0, 0.1) is 17.3 Å². The van der Waals surface area contributed by atoms with Gasteiger partial charge in [-0.15, -0.1) is 0 Å². The smallest absolute Gasteiger partial charge is 0.0774 e. The van der Waals surface area contributed by atoms with Gasteiger partial charge in [-0.25, -0.2) is 0 Å². The summed E-state index contributed by atoms with van der Waals surface area (Å²) >= 11 is 0. The van der Waals surface area contributed by atoms with Gasteiger partial charge in [0.05, 0.1) is 5.60 Å². The molecule has 1 N–H and O–H groups in total. The second-order valence-electron chi connectivity index (χ2n) is 8.09. The van der Waals surface area contributed by atoms with Gasteiger partial charge in [-0.05, 0) is 77.0 Å². The van der Waals surface area contributed by atoms with Gasteiger partial charge in [0, 0.05) is 0 Å². The highest BCUT2D eigenvalue weighted by Gasteiger charge is 2.41. The maximum atomic E-state index is 9.74. The fourth-order valence-electron chi connectivity index (χ4n) is 4.16. The monoisotopic (exact) mass is 288 g/mol. The lowest BCUT2D eigenvalue weighted by atomic mass is 9.57. The Kier molecular flexibility index (Phi) is 4.82. The van der Waals surface area contributed by atoms with E-state index in [2.05, 4.69) is 32.9 Å². The minimum Gasteiger partial charge on any atom is -0.386 e. The number of allylic oxidation sites excluding steroid dienone is 5. The Bertz CT molecular complexity index is 461. The summed E-state index contributed by atoms with van der Waals surface area (Å²) in [6.07, 6.45) is 15.2. The molecule has 0 heterocycles. The van der Waals surface area contributed by atoms with Gasteiger partial charge in [0.2, 0.25) is 0 Å². The van der Waals surface area contributed by atoms with Crippen molar-refractivity contribution in [3.63, 3.8) is 0 Å². The molecule has 118 valence electrons. The van der Waals surface area contributed by atoms with Crippen LogP contribution < -0.4 is 0 Å². The molecule has 0 aromatic heterocycles. The van der Waals surface area contributed by atoms with Gasteiger partial charge in [-0.3, -0.25) is 0 Å². The Balaban J connectivity index is 2.06. The Morgan fingerprint density at radius 1 is 1.38 bits per heavy atom.